The van der Waals surface area contributed by atoms with Crippen molar-refractivity contribution in [2.24, 2.45) is 5.92 Å². The van der Waals surface area contributed by atoms with E-state index in [0.29, 0.717) is 25.3 Å². The van der Waals surface area contributed by atoms with Gasteiger partial charge in [-0.3, -0.25) is 9.69 Å². The van der Waals surface area contributed by atoms with Gasteiger partial charge in [-0.2, -0.15) is 0 Å². The van der Waals surface area contributed by atoms with Gasteiger partial charge in [-0.15, -0.1) is 0 Å². The molecule has 5 heteroatoms. The number of benzene rings is 2. The highest BCUT2D eigenvalue weighted by Crippen LogP contribution is 2.49. The molecule has 0 bridgehead atoms. The molecule has 2 aromatic carbocycles. The van der Waals surface area contributed by atoms with Crippen LogP contribution in [0.1, 0.15) is 30.0 Å². The molecule has 3 aliphatic rings. The topological polar surface area (TPSA) is 50.8 Å². The zero-order chi connectivity index (χ0) is 17.5. The maximum Gasteiger partial charge on any atom is 0.238 e. The molecule has 2 heterocycles. The normalized spacial score (nSPS) is 23.4. The van der Waals surface area contributed by atoms with E-state index in [1.54, 1.807) is 0 Å². The molecule has 0 radical (unpaired) electrons. The highest BCUT2D eigenvalue weighted by atomic mass is 16.7. The van der Waals surface area contributed by atoms with Gasteiger partial charge in [0, 0.05) is 11.7 Å². The molecule has 0 saturated carbocycles. The van der Waals surface area contributed by atoms with Gasteiger partial charge in [0.15, 0.2) is 11.5 Å². The maximum atomic E-state index is 12.6. The van der Waals surface area contributed by atoms with Crippen LogP contribution in [-0.2, 0) is 11.2 Å². The van der Waals surface area contributed by atoms with E-state index in [1.165, 1.54) is 17.5 Å². The van der Waals surface area contributed by atoms with Crippen molar-refractivity contribution >= 4 is 11.6 Å². The number of ether oxygens (including phenoxy) is 2. The zero-order valence-electron chi connectivity index (χ0n) is 14.6. The molecule has 1 saturated heterocycles. The Morgan fingerprint density at radius 2 is 1.96 bits per heavy atom. The SMILES string of the molecule is O=C(CN1CCC[C@@H]2Cc3cc4c(cc3[C@H]21)OCO4)Nc1ccccc1. The van der Waals surface area contributed by atoms with Gasteiger partial charge in [-0.05, 0) is 67.1 Å². The number of hydrogen-bond donors (Lipinski definition) is 1. The van der Waals surface area contributed by atoms with Gasteiger partial charge in [0.1, 0.15) is 0 Å². The summed E-state index contributed by atoms with van der Waals surface area (Å²) in [7, 11) is 0. The van der Waals surface area contributed by atoms with Crippen molar-refractivity contribution < 1.29 is 14.3 Å². The molecular weight excluding hydrogens is 328 g/mol. The van der Waals surface area contributed by atoms with Crippen LogP contribution in [0.25, 0.3) is 0 Å². The number of carbonyl (C=O) groups is 1. The Kier molecular flexibility index (Phi) is 3.82. The van der Waals surface area contributed by atoms with Crippen LogP contribution in [-0.4, -0.2) is 30.7 Å². The molecule has 1 fully saturated rings. The van der Waals surface area contributed by atoms with Crippen molar-refractivity contribution in [2.75, 3.05) is 25.2 Å². The van der Waals surface area contributed by atoms with Gasteiger partial charge >= 0.3 is 0 Å². The molecule has 0 unspecified atom stereocenters. The van der Waals surface area contributed by atoms with Gasteiger partial charge < -0.3 is 14.8 Å². The Morgan fingerprint density at radius 1 is 1.15 bits per heavy atom. The van der Waals surface area contributed by atoms with E-state index in [0.717, 1.165) is 36.6 Å². The molecule has 1 aliphatic carbocycles. The molecule has 134 valence electrons. The fourth-order valence-electron chi connectivity index (χ4n) is 4.63. The summed E-state index contributed by atoms with van der Waals surface area (Å²) in [5, 5.41) is 3.01. The molecule has 2 aliphatic heterocycles. The molecule has 5 nitrogen and oxygen atoms in total. The van der Waals surface area contributed by atoms with Crippen molar-refractivity contribution in [3.63, 3.8) is 0 Å². The predicted molar refractivity (Wildman–Crippen MR) is 98.4 cm³/mol. The number of hydrogen-bond acceptors (Lipinski definition) is 4. The summed E-state index contributed by atoms with van der Waals surface area (Å²) in [4.78, 5) is 14.9. The minimum absolute atomic E-state index is 0.0473. The van der Waals surface area contributed by atoms with Crippen LogP contribution in [0.15, 0.2) is 42.5 Å². The second-order valence-electron chi connectivity index (χ2n) is 7.34. The molecule has 5 rings (SSSR count). The van der Waals surface area contributed by atoms with Gasteiger partial charge in [-0.1, -0.05) is 18.2 Å². The molecule has 26 heavy (non-hydrogen) atoms. The van der Waals surface area contributed by atoms with Crippen molar-refractivity contribution in [3.05, 3.63) is 53.6 Å². The Hall–Kier alpha value is -2.53. The lowest BCUT2D eigenvalue weighted by Crippen LogP contribution is -2.41. The Balaban J connectivity index is 1.37. The summed E-state index contributed by atoms with van der Waals surface area (Å²) in [6.45, 7) is 1.68. The number of nitrogens with one attached hydrogen (secondary N) is 1. The van der Waals surface area contributed by atoms with E-state index in [4.69, 9.17) is 9.47 Å². The molecular formula is C21H22N2O3. The second-order valence-corrected chi connectivity index (χ2v) is 7.34. The smallest absolute Gasteiger partial charge is 0.238 e. The Labute approximate surface area is 152 Å². The lowest BCUT2D eigenvalue weighted by Gasteiger charge is -2.37. The molecule has 1 amide bonds. The van der Waals surface area contributed by atoms with E-state index in [1.807, 2.05) is 30.3 Å². The minimum Gasteiger partial charge on any atom is -0.454 e. The fourth-order valence-corrected chi connectivity index (χ4v) is 4.63. The lowest BCUT2D eigenvalue weighted by atomic mass is 9.90. The minimum atomic E-state index is 0.0473. The van der Waals surface area contributed by atoms with Crippen LogP contribution < -0.4 is 14.8 Å². The van der Waals surface area contributed by atoms with Gasteiger partial charge in [0.25, 0.3) is 0 Å². The average molecular weight is 350 g/mol. The Morgan fingerprint density at radius 3 is 2.81 bits per heavy atom. The van der Waals surface area contributed by atoms with Crippen molar-refractivity contribution in [1.29, 1.82) is 0 Å². The summed E-state index contributed by atoms with van der Waals surface area (Å²) in [6.07, 6.45) is 3.41. The van der Waals surface area contributed by atoms with E-state index < -0.39 is 0 Å². The molecule has 0 spiro atoms. The lowest BCUT2D eigenvalue weighted by molar-refractivity contribution is -0.118. The monoisotopic (exact) mass is 350 g/mol. The predicted octanol–water partition coefficient (Wildman–Crippen LogP) is 3.36. The number of para-hydroxylation sites is 1. The second kappa shape index (κ2) is 6.32. The summed E-state index contributed by atoms with van der Waals surface area (Å²) in [5.74, 6) is 2.32. The standard InChI is InChI=1S/C21H22N2O3/c24-20(22-16-6-2-1-3-7-16)12-23-8-4-5-14-9-15-10-18-19(26-13-25-18)11-17(15)21(14)23/h1-3,6-7,10-11,14,21H,4-5,8-9,12-13H2,(H,22,24)/t14-,21+/m1/s1. The van der Waals surface area contributed by atoms with Crippen LogP contribution in [0, 0.1) is 5.92 Å². The van der Waals surface area contributed by atoms with Crippen LogP contribution in [0.2, 0.25) is 0 Å². The van der Waals surface area contributed by atoms with E-state index in [2.05, 4.69) is 22.3 Å². The van der Waals surface area contributed by atoms with Crippen LogP contribution in [0.4, 0.5) is 5.69 Å². The van der Waals surface area contributed by atoms with Crippen molar-refractivity contribution in [2.45, 2.75) is 25.3 Å². The summed E-state index contributed by atoms with van der Waals surface area (Å²) in [6, 6.07) is 14.2. The van der Waals surface area contributed by atoms with Gasteiger partial charge in [0.2, 0.25) is 12.7 Å². The number of fused-ring (bicyclic) bond motifs is 4. The average Bonchev–Trinajstić information content (AvgIpc) is 3.24. The van der Waals surface area contributed by atoms with Crippen molar-refractivity contribution in [3.8, 4) is 11.5 Å². The number of nitrogens with zero attached hydrogens (tertiary/aromatic N) is 1. The third-order valence-electron chi connectivity index (χ3n) is 5.70. The third-order valence-corrected chi connectivity index (χ3v) is 5.70. The summed E-state index contributed by atoms with van der Waals surface area (Å²) < 4.78 is 11.1. The first-order valence-electron chi connectivity index (χ1n) is 9.29. The van der Waals surface area contributed by atoms with Gasteiger partial charge in [-0.25, -0.2) is 0 Å². The van der Waals surface area contributed by atoms with Crippen LogP contribution >= 0.6 is 0 Å². The number of rotatable bonds is 3. The highest BCUT2D eigenvalue weighted by molar-refractivity contribution is 5.92. The van der Waals surface area contributed by atoms with Crippen molar-refractivity contribution in [1.82, 2.24) is 4.90 Å². The number of carbonyl (C=O) groups excluding carboxylic acids is 1. The first-order valence-corrected chi connectivity index (χ1v) is 9.29. The summed E-state index contributed by atoms with van der Waals surface area (Å²) >= 11 is 0. The quantitative estimate of drug-likeness (QED) is 0.922. The number of anilines is 1. The van der Waals surface area contributed by atoms with Gasteiger partial charge in [0.05, 0.1) is 6.54 Å². The zero-order valence-corrected chi connectivity index (χ0v) is 14.6. The molecule has 2 aromatic rings. The van der Waals surface area contributed by atoms with Crippen LogP contribution in [0.5, 0.6) is 11.5 Å². The first-order chi connectivity index (χ1) is 12.8. The number of piperidine rings is 1. The van der Waals surface area contributed by atoms with E-state index in [-0.39, 0.29) is 5.91 Å². The number of amides is 1. The van der Waals surface area contributed by atoms with Crippen LogP contribution in [0.3, 0.4) is 0 Å². The number of likely N-dealkylation sites (tertiary alicyclic amines) is 1. The van der Waals surface area contributed by atoms with E-state index >= 15 is 0 Å². The van der Waals surface area contributed by atoms with E-state index in [9.17, 15) is 4.79 Å². The largest absolute Gasteiger partial charge is 0.454 e. The molecule has 1 N–H and O–H groups in total. The molecule has 0 aromatic heterocycles. The highest BCUT2D eigenvalue weighted by Gasteiger charge is 2.40. The first kappa shape index (κ1) is 15.7. The Bertz CT molecular complexity index is 837. The maximum absolute atomic E-state index is 12.6. The third kappa shape index (κ3) is 2.72. The fraction of sp³-hybridized carbons (Fsp3) is 0.381. The summed E-state index contributed by atoms with van der Waals surface area (Å²) in [5.41, 5.74) is 3.51. The molecule has 2 atom stereocenters.